The minimum Gasteiger partial charge on any atom is -0.486 e. The first-order valence-corrected chi connectivity index (χ1v) is 8.62. The largest absolute Gasteiger partial charge is 0.486 e. The van der Waals surface area contributed by atoms with Gasteiger partial charge in [0, 0.05) is 5.56 Å². The van der Waals surface area contributed by atoms with E-state index in [1.807, 2.05) is 37.3 Å². The van der Waals surface area contributed by atoms with Crippen LogP contribution in [0.5, 0.6) is 11.5 Å². The molecule has 1 atom stereocenters. The molecule has 0 fully saturated rings. The zero-order chi connectivity index (χ0) is 16.5. The lowest BCUT2D eigenvalue weighted by molar-refractivity contribution is 0.0940. The van der Waals surface area contributed by atoms with E-state index in [4.69, 9.17) is 9.47 Å². The second-order valence-electron chi connectivity index (χ2n) is 5.63. The predicted octanol–water partition coefficient (Wildman–Crippen LogP) is 3.56. The summed E-state index contributed by atoms with van der Waals surface area (Å²) in [6.45, 7) is 3.07. The highest BCUT2D eigenvalue weighted by Gasteiger charge is 2.16. The van der Waals surface area contributed by atoms with E-state index in [0.717, 1.165) is 27.3 Å². The summed E-state index contributed by atoms with van der Waals surface area (Å²) in [4.78, 5) is 16.7. The smallest absolute Gasteiger partial charge is 0.251 e. The molecule has 3 aromatic rings. The van der Waals surface area contributed by atoms with Crippen LogP contribution in [0.2, 0.25) is 0 Å². The number of carbonyl (C=O) groups is 1. The van der Waals surface area contributed by atoms with Crippen molar-refractivity contribution in [3.8, 4) is 11.5 Å². The number of carbonyl (C=O) groups excluding carboxylic acids is 1. The molecule has 122 valence electrons. The van der Waals surface area contributed by atoms with Crippen LogP contribution in [0.1, 0.15) is 28.9 Å². The van der Waals surface area contributed by atoms with Gasteiger partial charge in [-0.05, 0) is 42.8 Å². The number of ether oxygens (including phenoxy) is 2. The van der Waals surface area contributed by atoms with Crippen LogP contribution in [-0.2, 0) is 0 Å². The van der Waals surface area contributed by atoms with Gasteiger partial charge in [0.05, 0.1) is 21.8 Å². The molecule has 0 radical (unpaired) electrons. The first kappa shape index (κ1) is 15.0. The molecule has 6 heteroatoms. The zero-order valence-corrected chi connectivity index (χ0v) is 13.9. The van der Waals surface area contributed by atoms with Gasteiger partial charge in [-0.2, -0.15) is 0 Å². The van der Waals surface area contributed by atoms with Crippen LogP contribution in [0, 0.1) is 0 Å². The van der Waals surface area contributed by atoms with E-state index >= 15 is 0 Å². The molecular formula is C18H16N2O3S. The molecule has 4 rings (SSSR count). The van der Waals surface area contributed by atoms with Gasteiger partial charge in [-0.15, -0.1) is 11.3 Å². The minimum atomic E-state index is -0.134. The molecule has 0 bridgehead atoms. The Bertz CT molecular complexity index is 906. The number of nitrogens with zero attached hydrogens (tertiary/aromatic N) is 1. The van der Waals surface area contributed by atoms with E-state index in [1.165, 1.54) is 11.3 Å². The van der Waals surface area contributed by atoms with E-state index in [1.54, 1.807) is 11.6 Å². The second kappa shape index (κ2) is 6.13. The zero-order valence-electron chi connectivity index (χ0n) is 13.1. The molecule has 5 nitrogen and oxygen atoms in total. The fourth-order valence-corrected chi connectivity index (χ4v) is 3.41. The van der Waals surface area contributed by atoms with Gasteiger partial charge in [-0.25, -0.2) is 4.98 Å². The molecule has 0 spiro atoms. The highest BCUT2D eigenvalue weighted by molar-refractivity contribution is 7.16. The quantitative estimate of drug-likeness (QED) is 0.792. The van der Waals surface area contributed by atoms with Crippen molar-refractivity contribution in [2.24, 2.45) is 0 Å². The summed E-state index contributed by atoms with van der Waals surface area (Å²) in [6, 6.07) is 11.2. The number of benzene rings is 2. The summed E-state index contributed by atoms with van der Waals surface area (Å²) in [5.74, 6) is 1.37. The van der Waals surface area contributed by atoms with Crippen LogP contribution in [0.4, 0.5) is 0 Å². The molecule has 1 aliphatic rings. The Hall–Kier alpha value is -2.60. The summed E-state index contributed by atoms with van der Waals surface area (Å²) >= 11 is 1.53. The highest BCUT2D eigenvalue weighted by Crippen LogP contribution is 2.32. The molecule has 2 aromatic carbocycles. The Labute approximate surface area is 143 Å². The molecule has 0 aliphatic carbocycles. The van der Waals surface area contributed by atoms with Gasteiger partial charge in [0.2, 0.25) is 0 Å². The topological polar surface area (TPSA) is 60.5 Å². The maximum Gasteiger partial charge on any atom is 0.251 e. The first-order chi connectivity index (χ1) is 11.7. The highest BCUT2D eigenvalue weighted by atomic mass is 32.1. The molecule has 2 heterocycles. The third kappa shape index (κ3) is 2.80. The molecule has 1 aromatic heterocycles. The number of amides is 1. The molecule has 1 amide bonds. The molecule has 1 N–H and O–H groups in total. The van der Waals surface area contributed by atoms with Gasteiger partial charge < -0.3 is 14.8 Å². The summed E-state index contributed by atoms with van der Waals surface area (Å²) in [5.41, 5.74) is 4.31. The van der Waals surface area contributed by atoms with Crippen LogP contribution in [0.3, 0.4) is 0 Å². The third-order valence-electron chi connectivity index (χ3n) is 4.01. The van der Waals surface area contributed by atoms with E-state index in [0.29, 0.717) is 18.8 Å². The van der Waals surface area contributed by atoms with Crippen LogP contribution < -0.4 is 14.8 Å². The molecule has 1 unspecified atom stereocenters. The van der Waals surface area contributed by atoms with Gasteiger partial charge in [0.1, 0.15) is 13.2 Å². The number of fused-ring (bicyclic) bond motifs is 2. The SMILES string of the molecule is CC(NC(=O)c1ccc2ncsc2c1)c1ccc2c(c1)OCCO2. The average Bonchev–Trinajstić information content (AvgIpc) is 3.08. The van der Waals surface area contributed by atoms with E-state index in [-0.39, 0.29) is 11.9 Å². The van der Waals surface area contributed by atoms with Crippen molar-refractivity contribution >= 4 is 27.5 Å². The van der Waals surface area contributed by atoms with Crippen LogP contribution in [0.15, 0.2) is 41.9 Å². The van der Waals surface area contributed by atoms with Gasteiger partial charge in [0.15, 0.2) is 11.5 Å². The maximum absolute atomic E-state index is 12.5. The number of hydrogen-bond donors (Lipinski definition) is 1. The van der Waals surface area contributed by atoms with Gasteiger partial charge >= 0.3 is 0 Å². The van der Waals surface area contributed by atoms with Crippen LogP contribution in [-0.4, -0.2) is 24.1 Å². The Morgan fingerprint density at radius 3 is 2.88 bits per heavy atom. The molecule has 1 aliphatic heterocycles. The number of rotatable bonds is 3. The fraction of sp³-hybridized carbons (Fsp3) is 0.222. The summed E-state index contributed by atoms with van der Waals surface area (Å²) in [5, 5.41) is 3.03. The van der Waals surface area contributed by atoms with Gasteiger partial charge in [-0.3, -0.25) is 4.79 Å². The van der Waals surface area contributed by atoms with E-state index < -0.39 is 0 Å². The second-order valence-corrected chi connectivity index (χ2v) is 6.52. The Kier molecular flexibility index (Phi) is 3.82. The molecule has 0 saturated heterocycles. The van der Waals surface area contributed by atoms with Crippen LogP contribution >= 0.6 is 11.3 Å². The molecular weight excluding hydrogens is 324 g/mol. The number of nitrogens with one attached hydrogen (secondary N) is 1. The Balaban J connectivity index is 1.52. The summed E-state index contributed by atoms with van der Waals surface area (Å²) < 4.78 is 12.1. The lowest BCUT2D eigenvalue weighted by Crippen LogP contribution is -2.26. The Morgan fingerprint density at radius 2 is 2.00 bits per heavy atom. The van der Waals surface area contributed by atoms with Crippen molar-refractivity contribution in [1.82, 2.24) is 10.3 Å². The summed E-state index contributed by atoms with van der Waals surface area (Å²) in [6.07, 6.45) is 0. The van der Waals surface area contributed by atoms with E-state index in [2.05, 4.69) is 10.3 Å². The first-order valence-electron chi connectivity index (χ1n) is 7.74. The van der Waals surface area contributed by atoms with E-state index in [9.17, 15) is 4.79 Å². The monoisotopic (exact) mass is 340 g/mol. The maximum atomic E-state index is 12.5. The van der Waals surface area contributed by atoms with Crippen molar-refractivity contribution in [1.29, 1.82) is 0 Å². The Morgan fingerprint density at radius 1 is 1.17 bits per heavy atom. The molecule has 24 heavy (non-hydrogen) atoms. The minimum absolute atomic E-state index is 0.104. The number of hydrogen-bond acceptors (Lipinski definition) is 5. The van der Waals surface area contributed by atoms with Crippen molar-refractivity contribution in [2.75, 3.05) is 13.2 Å². The lowest BCUT2D eigenvalue weighted by atomic mass is 10.1. The lowest BCUT2D eigenvalue weighted by Gasteiger charge is -2.21. The summed E-state index contributed by atoms with van der Waals surface area (Å²) in [7, 11) is 0. The number of aromatic nitrogens is 1. The van der Waals surface area contributed by atoms with Crippen molar-refractivity contribution in [3.63, 3.8) is 0 Å². The normalized spacial score (nSPS) is 14.4. The van der Waals surface area contributed by atoms with Crippen molar-refractivity contribution in [3.05, 3.63) is 53.0 Å². The fourth-order valence-electron chi connectivity index (χ4n) is 2.69. The third-order valence-corrected chi connectivity index (χ3v) is 4.80. The standard InChI is InChI=1S/C18H16N2O3S/c1-11(12-3-5-15-16(8-12)23-7-6-22-15)20-18(21)13-2-4-14-17(9-13)24-10-19-14/h2-5,8-11H,6-7H2,1H3,(H,20,21). The molecule has 0 saturated carbocycles. The number of thiazole rings is 1. The predicted molar refractivity (Wildman–Crippen MR) is 92.9 cm³/mol. The van der Waals surface area contributed by atoms with Crippen molar-refractivity contribution in [2.45, 2.75) is 13.0 Å². The van der Waals surface area contributed by atoms with Crippen LogP contribution in [0.25, 0.3) is 10.2 Å². The van der Waals surface area contributed by atoms with Crippen molar-refractivity contribution < 1.29 is 14.3 Å². The van der Waals surface area contributed by atoms with Gasteiger partial charge in [-0.1, -0.05) is 6.07 Å². The average molecular weight is 340 g/mol. The van der Waals surface area contributed by atoms with Gasteiger partial charge in [0.25, 0.3) is 5.91 Å².